The highest BCUT2D eigenvalue weighted by Crippen LogP contribution is 2.27. The van der Waals surface area contributed by atoms with Crippen LogP contribution in [0, 0.1) is 11.6 Å². The third kappa shape index (κ3) is 3.67. The Kier molecular flexibility index (Phi) is 5.17. The van der Waals surface area contributed by atoms with Crippen molar-refractivity contribution in [3.05, 3.63) is 95.1 Å². The monoisotopic (exact) mass is 352 g/mol. The number of benzene rings is 3. The average molecular weight is 352 g/mol. The summed E-state index contributed by atoms with van der Waals surface area (Å²) in [5.41, 5.74) is 1.10. The van der Waals surface area contributed by atoms with Crippen molar-refractivity contribution < 1.29 is 23.1 Å². The van der Waals surface area contributed by atoms with Crippen LogP contribution in [0.2, 0.25) is 0 Å². The van der Waals surface area contributed by atoms with Gasteiger partial charge in [0.15, 0.2) is 11.6 Å². The maximum absolute atomic E-state index is 14.4. The fourth-order valence-corrected chi connectivity index (χ4v) is 2.47. The van der Waals surface area contributed by atoms with Crippen molar-refractivity contribution in [3.8, 4) is 11.1 Å². The van der Waals surface area contributed by atoms with Gasteiger partial charge in [-0.25, -0.2) is 13.6 Å². The van der Waals surface area contributed by atoms with Gasteiger partial charge in [-0.15, -0.1) is 0 Å². The number of carbonyl (C=O) groups excluding carboxylic acids is 2. The number of hydrogen-bond acceptors (Lipinski definition) is 3. The first-order valence-corrected chi connectivity index (χ1v) is 7.85. The van der Waals surface area contributed by atoms with E-state index in [2.05, 4.69) is 0 Å². The molecule has 3 nitrogen and oxygen atoms in total. The number of rotatable bonds is 5. The van der Waals surface area contributed by atoms with Crippen LogP contribution in [0.4, 0.5) is 8.78 Å². The molecule has 0 saturated carbocycles. The van der Waals surface area contributed by atoms with Gasteiger partial charge in [-0.1, -0.05) is 60.7 Å². The standard InChI is InChI=1S/C21H14F2O3/c22-19-17(16-8-6-14(12-24)7-9-16)10-11-18(20(19)23)21(25)26-13-15-4-2-1-3-5-15/h1-12H,13H2. The van der Waals surface area contributed by atoms with Gasteiger partial charge in [-0.2, -0.15) is 0 Å². The van der Waals surface area contributed by atoms with Crippen molar-refractivity contribution in [2.24, 2.45) is 0 Å². The Morgan fingerprint density at radius 2 is 1.58 bits per heavy atom. The highest BCUT2D eigenvalue weighted by atomic mass is 19.2. The second kappa shape index (κ2) is 7.70. The quantitative estimate of drug-likeness (QED) is 0.489. The molecular formula is C21H14F2O3. The average Bonchev–Trinajstić information content (AvgIpc) is 2.69. The Balaban J connectivity index is 1.82. The Hall–Kier alpha value is -3.34. The Morgan fingerprint density at radius 3 is 2.23 bits per heavy atom. The zero-order valence-corrected chi connectivity index (χ0v) is 13.6. The Morgan fingerprint density at radius 1 is 0.885 bits per heavy atom. The minimum Gasteiger partial charge on any atom is -0.457 e. The molecule has 0 radical (unpaired) electrons. The first-order chi connectivity index (χ1) is 12.6. The van der Waals surface area contributed by atoms with E-state index >= 15 is 0 Å². The van der Waals surface area contributed by atoms with E-state index < -0.39 is 23.2 Å². The first-order valence-electron chi connectivity index (χ1n) is 7.85. The van der Waals surface area contributed by atoms with E-state index in [1.807, 2.05) is 6.07 Å². The van der Waals surface area contributed by atoms with Gasteiger partial charge in [0.1, 0.15) is 12.9 Å². The van der Waals surface area contributed by atoms with Gasteiger partial charge < -0.3 is 4.74 Å². The minimum absolute atomic E-state index is 0.000409. The number of esters is 1. The van der Waals surface area contributed by atoms with Crippen LogP contribution >= 0.6 is 0 Å². The van der Waals surface area contributed by atoms with Crippen LogP contribution in [-0.4, -0.2) is 12.3 Å². The minimum atomic E-state index is -1.26. The Labute approximate surface area is 148 Å². The molecule has 0 aliphatic carbocycles. The lowest BCUT2D eigenvalue weighted by Crippen LogP contribution is -2.09. The van der Waals surface area contributed by atoms with Crippen molar-refractivity contribution in [1.29, 1.82) is 0 Å². The summed E-state index contributed by atoms with van der Waals surface area (Å²) in [6.45, 7) is -0.0321. The van der Waals surface area contributed by atoms with Crippen LogP contribution in [0.5, 0.6) is 0 Å². The third-order valence-corrected chi connectivity index (χ3v) is 3.87. The second-order valence-electron chi connectivity index (χ2n) is 5.59. The number of carbonyl (C=O) groups is 2. The van der Waals surface area contributed by atoms with Crippen LogP contribution in [0.25, 0.3) is 11.1 Å². The summed E-state index contributed by atoms with van der Waals surface area (Å²) in [6, 6.07) is 17.4. The zero-order valence-electron chi connectivity index (χ0n) is 13.6. The van der Waals surface area contributed by atoms with Crippen LogP contribution < -0.4 is 0 Å². The molecule has 0 aliphatic rings. The van der Waals surface area contributed by atoms with E-state index in [1.165, 1.54) is 36.4 Å². The maximum atomic E-state index is 14.4. The molecule has 0 amide bonds. The van der Waals surface area contributed by atoms with Crippen LogP contribution in [0.3, 0.4) is 0 Å². The molecule has 0 aliphatic heterocycles. The molecule has 130 valence electrons. The van der Waals surface area contributed by atoms with Crippen molar-refractivity contribution in [1.82, 2.24) is 0 Å². The summed E-state index contributed by atoms with van der Waals surface area (Å²) in [4.78, 5) is 22.7. The van der Waals surface area contributed by atoms with Gasteiger partial charge in [0, 0.05) is 11.1 Å². The van der Waals surface area contributed by atoms with Crippen molar-refractivity contribution in [3.63, 3.8) is 0 Å². The van der Waals surface area contributed by atoms with Gasteiger partial charge in [0.05, 0.1) is 5.56 Å². The predicted molar refractivity (Wildman–Crippen MR) is 92.7 cm³/mol. The lowest BCUT2D eigenvalue weighted by Gasteiger charge is -2.09. The molecule has 3 aromatic rings. The number of hydrogen-bond donors (Lipinski definition) is 0. The van der Waals surface area contributed by atoms with Crippen LogP contribution in [0.1, 0.15) is 26.3 Å². The largest absolute Gasteiger partial charge is 0.457 e. The molecule has 0 N–H and O–H groups in total. The molecule has 0 saturated heterocycles. The van der Waals surface area contributed by atoms with Gasteiger partial charge in [0.25, 0.3) is 0 Å². The molecule has 3 rings (SSSR count). The molecule has 0 bridgehead atoms. The number of halogens is 2. The summed E-state index contributed by atoms with van der Waals surface area (Å²) in [5, 5.41) is 0. The number of aldehydes is 1. The molecular weight excluding hydrogens is 338 g/mol. The molecule has 3 aromatic carbocycles. The molecule has 0 spiro atoms. The number of ether oxygens (including phenoxy) is 1. The molecule has 0 heterocycles. The summed E-state index contributed by atoms with van der Waals surface area (Å²) in [6.07, 6.45) is 0.659. The van der Waals surface area contributed by atoms with E-state index in [0.717, 1.165) is 5.56 Å². The van der Waals surface area contributed by atoms with E-state index in [9.17, 15) is 18.4 Å². The van der Waals surface area contributed by atoms with E-state index in [1.54, 1.807) is 24.3 Å². The Bertz CT molecular complexity index is 935. The predicted octanol–water partition coefficient (Wildman–Crippen LogP) is 4.80. The maximum Gasteiger partial charge on any atom is 0.341 e. The lowest BCUT2D eigenvalue weighted by molar-refractivity contribution is 0.0466. The summed E-state index contributed by atoms with van der Waals surface area (Å²) in [7, 11) is 0. The molecule has 0 aromatic heterocycles. The second-order valence-corrected chi connectivity index (χ2v) is 5.59. The molecule has 0 unspecified atom stereocenters. The van der Waals surface area contributed by atoms with Crippen LogP contribution in [0.15, 0.2) is 66.7 Å². The zero-order chi connectivity index (χ0) is 18.5. The highest BCUT2D eigenvalue weighted by molar-refractivity contribution is 5.90. The smallest absolute Gasteiger partial charge is 0.341 e. The topological polar surface area (TPSA) is 43.4 Å². The van der Waals surface area contributed by atoms with Gasteiger partial charge >= 0.3 is 5.97 Å². The molecule has 0 atom stereocenters. The van der Waals surface area contributed by atoms with E-state index in [4.69, 9.17) is 4.74 Å². The summed E-state index contributed by atoms with van der Waals surface area (Å²) >= 11 is 0. The van der Waals surface area contributed by atoms with Gasteiger partial charge in [-0.05, 0) is 17.2 Å². The third-order valence-electron chi connectivity index (χ3n) is 3.87. The summed E-state index contributed by atoms with van der Waals surface area (Å²) in [5.74, 6) is -3.34. The molecule has 5 heteroatoms. The van der Waals surface area contributed by atoms with Crippen molar-refractivity contribution >= 4 is 12.3 Å². The first kappa shape index (κ1) is 17.5. The van der Waals surface area contributed by atoms with Gasteiger partial charge in [0.2, 0.25) is 0 Å². The molecule has 0 fully saturated rings. The normalized spacial score (nSPS) is 10.4. The van der Waals surface area contributed by atoms with E-state index in [-0.39, 0.29) is 12.2 Å². The van der Waals surface area contributed by atoms with Crippen LogP contribution in [-0.2, 0) is 11.3 Å². The SMILES string of the molecule is O=Cc1ccc(-c2ccc(C(=O)OCc3ccccc3)c(F)c2F)cc1. The fourth-order valence-electron chi connectivity index (χ4n) is 2.47. The van der Waals surface area contributed by atoms with E-state index in [0.29, 0.717) is 17.4 Å². The lowest BCUT2D eigenvalue weighted by atomic mass is 10.0. The van der Waals surface area contributed by atoms with Crippen molar-refractivity contribution in [2.45, 2.75) is 6.61 Å². The fraction of sp³-hybridized carbons (Fsp3) is 0.0476. The molecule has 26 heavy (non-hydrogen) atoms. The van der Waals surface area contributed by atoms with Crippen molar-refractivity contribution in [2.75, 3.05) is 0 Å². The highest BCUT2D eigenvalue weighted by Gasteiger charge is 2.20. The van der Waals surface area contributed by atoms with Gasteiger partial charge in [-0.3, -0.25) is 4.79 Å². The summed E-state index contributed by atoms with van der Waals surface area (Å²) < 4.78 is 33.8.